The van der Waals surface area contributed by atoms with Gasteiger partial charge in [0.25, 0.3) is 5.91 Å². The number of sulfone groups is 1. The van der Waals surface area contributed by atoms with Gasteiger partial charge in [-0.2, -0.15) is 8.78 Å². The largest absolute Gasteiger partial charge is 0.341 e. The van der Waals surface area contributed by atoms with Crippen molar-refractivity contribution in [2.24, 2.45) is 0 Å². The Hall–Kier alpha value is -2.72. The maximum absolute atomic E-state index is 12.5. The second-order valence-electron chi connectivity index (χ2n) is 5.04. The SMILES string of the molecule is O=C(Nc1nc(-c2ccccn2)cs1)c1ccc(S(=O)(=O)C(F)F)cc1. The first-order valence-corrected chi connectivity index (χ1v) is 9.61. The van der Waals surface area contributed by atoms with Gasteiger partial charge in [0.1, 0.15) is 5.69 Å². The van der Waals surface area contributed by atoms with Gasteiger partial charge in [0.15, 0.2) is 5.13 Å². The molecule has 3 aromatic rings. The van der Waals surface area contributed by atoms with Crippen LogP contribution in [0.5, 0.6) is 0 Å². The molecule has 1 amide bonds. The third kappa shape index (κ3) is 3.75. The summed E-state index contributed by atoms with van der Waals surface area (Å²) in [6.07, 6.45) is 1.63. The molecule has 134 valence electrons. The Balaban J connectivity index is 1.74. The molecule has 0 saturated carbocycles. The minimum Gasteiger partial charge on any atom is -0.298 e. The molecule has 26 heavy (non-hydrogen) atoms. The molecule has 0 spiro atoms. The number of alkyl halides is 2. The Bertz CT molecular complexity index is 1020. The van der Waals surface area contributed by atoms with E-state index in [9.17, 15) is 22.0 Å². The van der Waals surface area contributed by atoms with Crippen LogP contribution in [0, 0.1) is 0 Å². The molecule has 1 N–H and O–H groups in total. The monoisotopic (exact) mass is 395 g/mol. The summed E-state index contributed by atoms with van der Waals surface area (Å²) in [5.41, 5.74) is 1.38. The van der Waals surface area contributed by atoms with Gasteiger partial charge in [-0.25, -0.2) is 13.4 Å². The fourth-order valence-electron chi connectivity index (χ4n) is 2.03. The predicted octanol–water partition coefficient (Wildman–Crippen LogP) is 3.45. The molecular weight excluding hydrogens is 384 g/mol. The number of anilines is 1. The summed E-state index contributed by atoms with van der Waals surface area (Å²) >= 11 is 1.20. The van der Waals surface area contributed by atoms with Crippen LogP contribution in [0.1, 0.15) is 10.4 Å². The molecule has 10 heteroatoms. The Morgan fingerprint density at radius 3 is 2.42 bits per heavy atom. The number of hydrogen-bond donors (Lipinski definition) is 1. The number of nitrogens with one attached hydrogen (secondary N) is 1. The number of hydrogen-bond acceptors (Lipinski definition) is 6. The average molecular weight is 395 g/mol. The highest BCUT2D eigenvalue weighted by Crippen LogP contribution is 2.24. The first kappa shape index (κ1) is 18.1. The molecule has 0 aliphatic rings. The van der Waals surface area contributed by atoms with E-state index in [4.69, 9.17) is 0 Å². The van der Waals surface area contributed by atoms with Crippen LogP contribution in [-0.2, 0) is 9.84 Å². The highest BCUT2D eigenvalue weighted by Gasteiger charge is 2.26. The van der Waals surface area contributed by atoms with E-state index in [1.807, 2.05) is 6.07 Å². The van der Waals surface area contributed by atoms with Gasteiger partial charge in [0, 0.05) is 17.1 Å². The predicted molar refractivity (Wildman–Crippen MR) is 92.9 cm³/mol. The molecule has 1 aromatic carbocycles. The van der Waals surface area contributed by atoms with E-state index in [2.05, 4.69) is 15.3 Å². The lowest BCUT2D eigenvalue weighted by Crippen LogP contribution is -2.14. The standard InChI is InChI=1S/C16H11F2N3O3S2/c17-15(18)26(23,24)11-6-4-10(5-7-11)14(22)21-16-20-13(9-25-16)12-3-1-2-8-19-12/h1-9,15H,(H,20,21,22). The Labute approximate surface area is 151 Å². The fourth-order valence-corrected chi connectivity index (χ4v) is 3.45. The Kier molecular flexibility index (Phi) is 5.05. The number of aromatic nitrogens is 2. The lowest BCUT2D eigenvalue weighted by molar-refractivity contribution is 0.102. The molecule has 0 radical (unpaired) electrons. The second kappa shape index (κ2) is 7.26. The van der Waals surface area contributed by atoms with Crippen molar-refractivity contribution in [3.63, 3.8) is 0 Å². The zero-order valence-corrected chi connectivity index (χ0v) is 14.6. The molecule has 0 saturated heterocycles. The number of pyridine rings is 1. The van der Waals surface area contributed by atoms with Crippen LogP contribution in [0.3, 0.4) is 0 Å². The fraction of sp³-hybridized carbons (Fsp3) is 0.0625. The molecule has 0 aliphatic carbocycles. The molecule has 0 bridgehead atoms. The van der Waals surface area contributed by atoms with E-state index in [1.165, 1.54) is 11.3 Å². The highest BCUT2D eigenvalue weighted by molar-refractivity contribution is 7.91. The van der Waals surface area contributed by atoms with Gasteiger partial charge >= 0.3 is 5.76 Å². The van der Waals surface area contributed by atoms with Crippen molar-refractivity contribution in [2.75, 3.05) is 5.32 Å². The van der Waals surface area contributed by atoms with E-state index >= 15 is 0 Å². The Morgan fingerprint density at radius 1 is 1.08 bits per heavy atom. The van der Waals surface area contributed by atoms with Crippen molar-refractivity contribution in [3.05, 3.63) is 59.6 Å². The highest BCUT2D eigenvalue weighted by atomic mass is 32.2. The maximum Gasteiger partial charge on any atom is 0.341 e. The van der Waals surface area contributed by atoms with Gasteiger partial charge < -0.3 is 0 Å². The molecule has 2 heterocycles. The summed E-state index contributed by atoms with van der Waals surface area (Å²) in [4.78, 5) is 20.1. The lowest BCUT2D eigenvalue weighted by atomic mass is 10.2. The van der Waals surface area contributed by atoms with E-state index in [0.717, 1.165) is 24.3 Å². The van der Waals surface area contributed by atoms with E-state index in [1.54, 1.807) is 23.7 Å². The number of halogens is 2. The molecule has 2 aromatic heterocycles. The smallest absolute Gasteiger partial charge is 0.298 e. The summed E-state index contributed by atoms with van der Waals surface area (Å²) in [5, 5.41) is 4.64. The number of nitrogens with zero attached hydrogens (tertiary/aromatic N) is 2. The molecule has 0 unspecified atom stereocenters. The van der Waals surface area contributed by atoms with Gasteiger partial charge in [0.05, 0.1) is 10.6 Å². The summed E-state index contributed by atoms with van der Waals surface area (Å²) in [7, 11) is -4.69. The third-order valence-corrected chi connectivity index (χ3v) is 5.49. The van der Waals surface area contributed by atoms with Crippen molar-refractivity contribution in [3.8, 4) is 11.4 Å². The Morgan fingerprint density at radius 2 is 1.81 bits per heavy atom. The first-order valence-electron chi connectivity index (χ1n) is 7.18. The minimum atomic E-state index is -4.69. The zero-order valence-electron chi connectivity index (χ0n) is 13.0. The minimum absolute atomic E-state index is 0.118. The van der Waals surface area contributed by atoms with E-state index in [0.29, 0.717) is 16.5 Å². The number of amides is 1. The zero-order chi connectivity index (χ0) is 18.7. The van der Waals surface area contributed by atoms with Crippen molar-refractivity contribution in [1.29, 1.82) is 0 Å². The molecule has 0 atom stereocenters. The quantitative estimate of drug-likeness (QED) is 0.715. The summed E-state index contributed by atoms with van der Waals surface area (Å²) in [6, 6.07) is 9.64. The summed E-state index contributed by atoms with van der Waals surface area (Å²) in [6.45, 7) is 0. The topological polar surface area (TPSA) is 89.0 Å². The first-order chi connectivity index (χ1) is 12.4. The molecule has 0 fully saturated rings. The number of carbonyl (C=O) groups excluding carboxylic acids is 1. The third-order valence-electron chi connectivity index (χ3n) is 3.33. The maximum atomic E-state index is 12.5. The molecular formula is C16H11F2N3O3S2. The van der Waals surface area contributed by atoms with Crippen LogP contribution in [0.2, 0.25) is 0 Å². The van der Waals surface area contributed by atoms with Crippen molar-refractivity contribution in [2.45, 2.75) is 10.7 Å². The summed E-state index contributed by atoms with van der Waals surface area (Å²) in [5.74, 6) is -4.05. The lowest BCUT2D eigenvalue weighted by Gasteiger charge is -2.05. The van der Waals surface area contributed by atoms with Crippen LogP contribution in [0.15, 0.2) is 58.9 Å². The van der Waals surface area contributed by atoms with Gasteiger partial charge in [-0.3, -0.25) is 15.1 Å². The van der Waals surface area contributed by atoms with Crippen molar-refractivity contribution in [1.82, 2.24) is 9.97 Å². The molecule has 6 nitrogen and oxygen atoms in total. The van der Waals surface area contributed by atoms with E-state index < -0.39 is 26.4 Å². The summed E-state index contributed by atoms with van der Waals surface area (Å²) < 4.78 is 47.8. The molecule has 0 aliphatic heterocycles. The number of rotatable bonds is 5. The van der Waals surface area contributed by atoms with Crippen LogP contribution in [-0.4, -0.2) is 30.1 Å². The van der Waals surface area contributed by atoms with Gasteiger partial charge in [-0.15, -0.1) is 11.3 Å². The van der Waals surface area contributed by atoms with Crippen LogP contribution in [0.4, 0.5) is 13.9 Å². The number of thiazole rings is 1. The normalized spacial score (nSPS) is 11.5. The van der Waals surface area contributed by atoms with Crippen LogP contribution >= 0.6 is 11.3 Å². The van der Waals surface area contributed by atoms with Gasteiger partial charge in [-0.05, 0) is 36.4 Å². The second-order valence-corrected chi connectivity index (χ2v) is 7.81. The number of benzene rings is 1. The number of carbonyl (C=O) groups is 1. The van der Waals surface area contributed by atoms with Crippen molar-refractivity contribution >= 4 is 32.2 Å². The van der Waals surface area contributed by atoms with Gasteiger partial charge in [0.2, 0.25) is 9.84 Å². The average Bonchev–Trinajstić information content (AvgIpc) is 3.11. The van der Waals surface area contributed by atoms with Crippen LogP contribution in [0.25, 0.3) is 11.4 Å². The van der Waals surface area contributed by atoms with E-state index in [-0.39, 0.29) is 5.56 Å². The van der Waals surface area contributed by atoms with Crippen LogP contribution < -0.4 is 5.32 Å². The molecule has 3 rings (SSSR count). The van der Waals surface area contributed by atoms with Gasteiger partial charge in [-0.1, -0.05) is 6.07 Å². The van der Waals surface area contributed by atoms with Crippen molar-refractivity contribution < 1.29 is 22.0 Å².